The Hall–Kier alpha value is 3.30. The molecule has 1 rings (SSSR count). The maximum absolute atomic E-state index is 13.5. The molecule has 0 radical (unpaired) electrons. The zero-order chi connectivity index (χ0) is 54.9. The van der Waals surface area contributed by atoms with Gasteiger partial charge in [0.1, 0.15) is 43.2 Å². The van der Waals surface area contributed by atoms with Gasteiger partial charge in [-0.3, -0.25) is 27.8 Å². The van der Waals surface area contributed by atoms with Crippen LogP contribution in [0.3, 0.4) is 0 Å². The van der Waals surface area contributed by atoms with E-state index in [1.807, 2.05) is 0 Å². The predicted molar refractivity (Wildman–Crippen MR) is 236 cm³/mol. The van der Waals surface area contributed by atoms with Crippen LogP contribution in [0.4, 0.5) is 0 Å². The number of rotatable bonds is 42. The first kappa shape index (κ1) is 70.4. The van der Waals surface area contributed by atoms with Crippen molar-refractivity contribution in [2.75, 3.05) is 13.1 Å². The largest absolute Gasteiger partial charge is 1.00 e. The normalized spacial score (nSPS) is 24.5. The van der Waals surface area contributed by atoms with E-state index < -0.39 is 112 Å². The van der Waals surface area contributed by atoms with Crippen LogP contribution in [0.2, 0.25) is 0 Å². The molecule has 398 valence electrons. The van der Waals surface area contributed by atoms with Crippen LogP contribution < -0.4 is 138 Å². The Labute approximate surface area is 516 Å². The molecule has 1 aliphatic rings. The maximum Gasteiger partial charge on any atom is 1.00 e. The average Bonchev–Trinajstić information content (AvgIpc) is 3.23. The molecular formula is C41H78Na4O22P4. The first-order chi connectivity index (χ1) is 33.3. The van der Waals surface area contributed by atoms with Gasteiger partial charge in [0.15, 0.2) is 6.08 Å². The van der Waals surface area contributed by atoms with Crippen LogP contribution in [0.1, 0.15) is 200 Å². The fourth-order valence-corrected chi connectivity index (χ4v) is 9.76. The second-order valence-electron chi connectivity index (χ2n) is 16.7. The SMILES string of the molecule is [2H]C([2H])(OC(=O)CCCCCCCCCCCCCCC)C([2H])(OC(=O)CCCCCCCCCCCCCCC)C([2H])([2H])OP(=O)([O-])O[C@@H]1[C@@H](O)[C@H](OP(=O)([O-])O)[C@H](O)[C@H](OP(=O)([O-])O)[C@H]1OP(=O)([O-])O.[Na+].[Na+].[Na+].[Na+]. The van der Waals surface area contributed by atoms with Gasteiger partial charge in [-0.25, -0.2) is 0 Å². The minimum absolute atomic E-state index is 0. The number of carbonyl (C=O) groups excluding carboxylic acids is 2. The van der Waals surface area contributed by atoms with Gasteiger partial charge in [0, 0.05) is 12.8 Å². The van der Waals surface area contributed by atoms with Gasteiger partial charge in [0.2, 0.25) is 0 Å². The van der Waals surface area contributed by atoms with E-state index in [9.17, 15) is 72.3 Å². The number of aliphatic hydroxyl groups excluding tert-OH is 2. The average molecular weight is 1140 g/mol. The first-order valence-electron chi connectivity index (χ1n) is 26.0. The Balaban J connectivity index is -0.00000648. The van der Waals surface area contributed by atoms with Crippen LogP contribution >= 0.6 is 31.3 Å². The zero-order valence-electron chi connectivity index (χ0n) is 47.7. The van der Waals surface area contributed by atoms with Gasteiger partial charge in [0.25, 0.3) is 31.3 Å². The van der Waals surface area contributed by atoms with Gasteiger partial charge in [-0.15, -0.1) is 0 Å². The molecule has 0 saturated heterocycles. The van der Waals surface area contributed by atoms with Crippen LogP contribution in [0, 0.1) is 0 Å². The number of ether oxygens (including phenoxy) is 2. The Bertz CT molecular complexity index is 1780. The summed E-state index contributed by atoms with van der Waals surface area (Å²) in [5.41, 5.74) is 0. The first-order valence-corrected chi connectivity index (χ1v) is 29.4. The van der Waals surface area contributed by atoms with Crippen molar-refractivity contribution in [3.8, 4) is 0 Å². The number of phosphoric ester groups is 4. The molecule has 0 aromatic heterocycles. The van der Waals surface area contributed by atoms with Crippen molar-refractivity contribution in [2.24, 2.45) is 0 Å². The van der Waals surface area contributed by atoms with E-state index in [0.29, 0.717) is 25.7 Å². The van der Waals surface area contributed by atoms with Crippen molar-refractivity contribution in [1.82, 2.24) is 0 Å². The third-order valence-electron chi connectivity index (χ3n) is 10.7. The summed E-state index contributed by atoms with van der Waals surface area (Å²) in [4.78, 5) is 103. The second-order valence-corrected chi connectivity index (χ2v) is 21.4. The molecule has 0 aromatic carbocycles. The van der Waals surface area contributed by atoms with Gasteiger partial charge in [-0.2, -0.15) is 0 Å². The molecule has 30 heteroatoms. The standard InChI is InChI=1S/C41H82O22P4.4Na/c1-3-5-7-9-11-13-15-17-19-21-23-25-27-29-34(42)57-31-33(59-35(43)30-28-26-24-22-20-18-16-14-12-10-8-6-4-2)32-58-67(55,56)63-40-37(45)38(60-64(46,47)48)36(44)39(61-65(49,50)51)41(40)62-66(52,53)54;;;;/h33,36-41,44-45H,3-32H2,1-2H3,(H,55,56)(H2,46,47,48)(H2,49,50,51)(H2,52,53,54);;;;/q;4*+1/p-4/t33?,36-,37-,38+,39-,40+,41+;;;;/m0..../s1/i31D2,32D2,33D;;;;. The van der Waals surface area contributed by atoms with Crippen molar-refractivity contribution < 1.29 is 229 Å². The molecular weight excluding hydrogens is 1060 g/mol. The second kappa shape index (κ2) is 46.0. The number of carbonyl (C=O) groups is 2. The molecule has 1 fully saturated rings. The van der Waals surface area contributed by atoms with Gasteiger partial charge in [0.05, 0.1) is 13.4 Å². The van der Waals surface area contributed by atoms with Crippen molar-refractivity contribution in [1.29, 1.82) is 0 Å². The summed E-state index contributed by atoms with van der Waals surface area (Å²) in [7, 11) is -25.7. The summed E-state index contributed by atoms with van der Waals surface area (Å²) in [6, 6.07) is 0. The van der Waals surface area contributed by atoms with E-state index in [1.165, 1.54) is 51.4 Å². The zero-order valence-corrected chi connectivity index (χ0v) is 54.3. The third-order valence-corrected chi connectivity index (χ3v) is 13.0. The van der Waals surface area contributed by atoms with E-state index in [-0.39, 0.29) is 131 Å². The van der Waals surface area contributed by atoms with Crippen molar-refractivity contribution in [2.45, 2.75) is 236 Å². The summed E-state index contributed by atoms with van der Waals surface area (Å²) in [5, 5.41) is 21.5. The van der Waals surface area contributed by atoms with Crippen LogP contribution in [0.25, 0.3) is 0 Å². The van der Waals surface area contributed by atoms with Crippen LogP contribution in [0.15, 0.2) is 0 Å². The van der Waals surface area contributed by atoms with Crippen molar-refractivity contribution >= 4 is 43.2 Å². The molecule has 11 atom stereocenters. The van der Waals surface area contributed by atoms with Crippen LogP contribution in [-0.2, 0) is 59.9 Å². The minimum atomic E-state index is -6.91. The van der Waals surface area contributed by atoms with E-state index in [4.69, 9.17) is 16.3 Å². The fourth-order valence-electron chi connectivity index (χ4n) is 7.33. The number of unbranched alkanes of at least 4 members (excludes halogenated alkanes) is 24. The molecule has 0 heterocycles. The summed E-state index contributed by atoms with van der Waals surface area (Å²) in [6.45, 7) is -4.40. The molecule has 0 aromatic rings. The molecule has 1 saturated carbocycles. The third kappa shape index (κ3) is 43.7. The summed E-state index contributed by atoms with van der Waals surface area (Å²) in [6.07, 6.45) is 0.00830. The molecule has 22 nitrogen and oxygen atoms in total. The molecule has 0 amide bonds. The Morgan fingerprint density at radius 2 is 0.775 bits per heavy atom. The van der Waals surface area contributed by atoms with Crippen molar-refractivity contribution in [3.05, 3.63) is 0 Å². The number of phosphoric acid groups is 4. The summed E-state index contributed by atoms with van der Waals surface area (Å²) in [5.74, 6) is -2.88. The summed E-state index contributed by atoms with van der Waals surface area (Å²) >= 11 is 0. The van der Waals surface area contributed by atoms with Crippen LogP contribution in [-0.4, -0.2) is 92.7 Å². The molecule has 5 unspecified atom stereocenters. The topological polar surface area (TPSA) is 360 Å². The maximum atomic E-state index is 13.5. The Morgan fingerprint density at radius 3 is 1.13 bits per heavy atom. The van der Waals surface area contributed by atoms with E-state index in [2.05, 4.69) is 36.5 Å². The van der Waals surface area contributed by atoms with Crippen molar-refractivity contribution in [3.63, 3.8) is 0 Å². The predicted octanol–water partition coefficient (Wildman–Crippen LogP) is -6.44. The Morgan fingerprint density at radius 1 is 0.479 bits per heavy atom. The van der Waals surface area contributed by atoms with Gasteiger partial charge < -0.3 is 76.6 Å². The van der Waals surface area contributed by atoms with Gasteiger partial charge in [-0.1, -0.05) is 168 Å². The van der Waals surface area contributed by atoms with Crippen LogP contribution in [0.5, 0.6) is 0 Å². The molecule has 71 heavy (non-hydrogen) atoms. The molecule has 0 aliphatic heterocycles. The number of hydrogen-bond donors (Lipinski definition) is 5. The van der Waals surface area contributed by atoms with Gasteiger partial charge >= 0.3 is 130 Å². The molecule has 0 spiro atoms. The van der Waals surface area contributed by atoms with E-state index in [1.54, 1.807) is 0 Å². The van der Waals surface area contributed by atoms with Gasteiger partial charge in [-0.05, 0) is 12.8 Å². The smallest absolute Gasteiger partial charge is 0.756 e. The fraction of sp³-hybridized carbons (Fsp3) is 0.951. The summed E-state index contributed by atoms with van der Waals surface area (Å²) < 4.78 is 122. The number of aliphatic hydroxyl groups is 2. The molecule has 5 N–H and O–H groups in total. The van der Waals surface area contributed by atoms with E-state index in [0.717, 1.165) is 77.0 Å². The Kier molecular flexibility index (Phi) is 45.6. The molecule has 0 bridgehead atoms. The number of esters is 2. The minimum Gasteiger partial charge on any atom is -0.756 e. The quantitative estimate of drug-likeness (QED) is 0.0164. The molecule has 1 aliphatic carbocycles. The van der Waals surface area contributed by atoms with E-state index >= 15 is 0 Å². The monoisotopic (exact) mass is 1140 g/mol. The number of hydrogen-bond acceptors (Lipinski definition) is 19.